The number of hydrogen-bond donors (Lipinski definition) is 1. The SMILES string of the molecule is Cc1nc(C2CSc3ccccc3O2)sc1C(=O)O. The van der Waals surface area contributed by atoms with Gasteiger partial charge in [0.1, 0.15) is 15.6 Å². The third-order valence-electron chi connectivity index (χ3n) is 2.79. The first-order valence-electron chi connectivity index (χ1n) is 5.74. The Labute approximate surface area is 118 Å². The molecule has 1 N–H and O–H groups in total. The number of hydrogen-bond acceptors (Lipinski definition) is 5. The van der Waals surface area contributed by atoms with Crippen molar-refractivity contribution in [3.63, 3.8) is 0 Å². The number of thiazole rings is 1. The molecule has 0 radical (unpaired) electrons. The molecule has 2 aromatic rings. The molecule has 1 aliphatic heterocycles. The van der Waals surface area contributed by atoms with Gasteiger partial charge in [-0.3, -0.25) is 0 Å². The summed E-state index contributed by atoms with van der Waals surface area (Å²) in [4.78, 5) is 16.8. The van der Waals surface area contributed by atoms with Crippen LogP contribution in [0.4, 0.5) is 0 Å². The van der Waals surface area contributed by atoms with Crippen LogP contribution in [0.15, 0.2) is 29.2 Å². The molecule has 1 aliphatic rings. The number of rotatable bonds is 2. The number of nitrogens with zero attached hydrogens (tertiary/aromatic N) is 1. The van der Waals surface area contributed by atoms with Crippen LogP contribution in [0.1, 0.15) is 26.5 Å². The van der Waals surface area contributed by atoms with Gasteiger partial charge in [0.2, 0.25) is 0 Å². The van der Waals surface area contributed by atoms with E-state index >= 15 is 0 Å². The molecule has 0 spiro atoms. The summed E-state index contributed by atoms with van der Waals surface area (Å²) in [5.41, 5.74) is 0.556. The smallest absolute Gasteiger partial charge is 0.347 e. The third-order valence-corrected chi connectivity index (χ3v) is 5.15. The van der Waals surface area contributed by atoms with E-state index in [-0.39, 0.29) is 6.10 Å². The van der Waals surface area contributed by atoms with Crippen molar-refractivity contribution in [1.82, 2.24) is 4.98 Å². The summed E-state index contributed by atoms with van der Waals surface area (Å²) in [6.07, 6.45) is -0.170. The number of carboxylic acids is 1. The molecular formula is C13H11NO3S2. The molecule has 1 atom stereocenters. The van der Waals surface area contributed by atoms with E-state index in [0.29, 0.717) is 10.6 Å². The summed E-state index contributed by atoms with van der Waals surface area (Å²) in [6.45, 7) is 1.72. The summed E-state index contributed by atoms with van der Waals surface area (Å²) in [5.74, 6) is 0.668. The van der Waals surface area contributed by atoms with Crippen molar-refractivity contribution >= 4 is 29.1 Å². The zero-order chi connectivity index (χ0) is 13.4. The predicted octanol–water partition coefficient (Wildman–Crippen LogP) is 3.38. The van der Waals surface area contributed by atoms with Crippen molar-refractivity contribution in [3.05, 3.63) is 39.8 Å². The van der Waals surface area contributed by atoms with Gasteiger partial charge in [-0.25, -0.2) is 9.78 Å². The Morgan fingerprint density at radius 1 is 1.47 bits per heavy atom. The fourth-order valence-electron chi connectivity index (χ4n) is 1.89. The van der Waals surface area contributed by atoms with Gasteiger partial charge in [0.15, 0.2) is 6.10 Å². The number of benzene rings is 1. The molecule has 2 heterocycles. The lowest BCUT2D eigenvalue weighted by molar-refractivity contribution is 0.0701. The number of para-hydroxylation sites is 1. The van der Waals surface area contributed by atoms with E-state index in [1.807, 2.05) is 24.3 Å². The minimum Gasteiger partial charge on any atom is -0.481 e. The van der Waals surface area contributed by atoms with Gasteiger partial charge in [-0.15, -0.1) is 23.1 Å². The Hall–Kier alpha value is -1.53. The van der Waals surface area contributed by atoms with Crippen LogP contribution in [0.3, 0.4) is 0 Å². The summed E-state index contributed by atoms with van der Waals surface area (Å²) >= 11 is 2.91. The largest absolute Gasteiger partial charge is 0.481 e. The molecule has 1 aromatic heterocycles. The van der Waals surface area contributed by atoms with Gasteiger partial charge in [0, 0.05) is 10.6 Å². The van der Waals surface area contributed by atoms with E-state index in [2.05, 4.69) is 4.98 Å². The van der Waals surface area contributed by atoms with Gasteiger partial charge < -0.3 is 9.84 Å². The Balaban J connectivity index is 1.89. The Bertz CT molecular complexity index is 639. The number of aryl methyl sites for hydroxylation is 1. The van der Waals surface area contributed by atoms with Crippen molar-refractivity contribution in [1.29, 1.82) is 0 Å². The molecule has 0 saturated heterocycles. The highest BCUT2D eigenvalue weighted by Gasteiger charge is 2.26. The lowest BCUT2D eigenvalue weighted by atomic mass is 10.3. The fraction of sp³-hybridized carbons (Fsp3) is 0.231. The highest BCUT2D eigenvalue weighted by Crippen LogP contribution is 2.41. The average molecular weight is 293 g/mol. The van der Waals surface area contributed by atoms with Crippen LogP contribution in [-0.4, -0.2) is 21.8 Å². The molecule has 1 aromatic carbocycles. The van der Waals surface area contributed by atoms with Gasteiger partial charge in [0.25, 0.3) is 0 Å². The first kappa shape index (κ1) is 12.5. The standard InChI is InChI=1S/C13H11NO3S2/c1-7-11(13(15)16)19-12(14-7)9-6-18-10-5-3-2-4-8(10)17-9/h2-5,9H,6H2,1H3,(H,15,16). The molecule has 0 saturated carbocycles. The third kappa shape index (κ3) is 2.33. The molecule has 98 valence electrons. The van der Waals surface area contributed by atoms with E-state index in [4.69, 9.17) is 9.84 Å². The van der Waals surface area contributed by atoms with Crippen LogP contribution in [0.5, 0.6) is 5.75 Å². The first-order valence-corrected chi connectivity index (χ1v) is 7.54. The number of carboxylic acid groups (broad SMARTS) is 1. The fourth-order valence-corrected chi connectivity index (χ4v) is 3.93. The van der Waals surface area contributed by atoms with E-state index < -0.39 is 5.97 Å². The topological polar surface area (TPSA) is 59.4 Å². The maximum Gasteiger partial charge on any atom is 0.347 e. The molecule has 0 fully saturated rings. The number of ether oxygens (including phenoxy) is 1. The number of carbonyl (C=O) groups is 1. The minimum absolute atomic E-state index is 0.170. The molecule has 1 unspecified atom stereocenters. The summed E-state index contributed by atoms with van der Waals surface area (Å²) < 4.78 is 5.90. The lowest BCUT2D eigenvalue weighted by Crippen LogP contribution is -2.14. The van der Waals surface area contributed by atoms with Gasteiger partial charge in [-0.05, 0) is 19.1 Å². The van der Waals surface area contributed by atoms with Crippen LogP contribution in [0.2, 0.25) is 0 Å². The maximum atomic E-state index is 11.0. The lowest BCUT2D eigenvalue weighted by Gasteiger charge is -2.23. The zero-order valence-electron chi connectivity index (χ0n) is 10.1. The highest BCUT2D eigenvalue weighted by molar-refractivity contribution is 7.99. The van der Waals surface area contributed by atoms with Crippen LogP contribution in [-0.2, 0) is 0 Å². The van der Waals surface area contributed by atoms with Gasteiger partial charge in [-0.2, -0.15) is 0 Å². The van der Waals surface area contributed by atoms with Crippen molar-refractivity contribution in [3.8, 4) is 5.75 Å². The average Bonchev–Trinajstić information content (AvgIpc) is 2.80. The van der Waals surface area contributed by atoms with Crippen molar-refractivity contribution in [2.24, 2.45) is 0 Å². The van der Waals surface area contributed by atoms with Crippen LogP contribution in [0, 0.1) is 6.92 Å². The monoisotopic (exact) mass is 293 g/mol. The summed E-state index contributed by atoms with van der Waals surface area (Å²) in [5, 5.41) is 9.79. The molecule has 4 nitrogen and oxygen atoms in total. The maximum absolute atomic E-state index is 11.0. The zero-order valence-corrected chi connectivity index (χ0v) is 11.8. The molecule has 6 heteroatoms. The molecular weight excluding hydrogens is 282 g/mol. The Morgan fingerprint density at radius 2 is 2.26 bits per heavy atom. The van der Waals surface area contributed by atoms with Crippen molar-refractivity contribution in [2.45, 2.75) is 17.9 Å². The van der Waals surface area contributed by atoms with E-state index in [1.54, 1.807) is 18.7 Å². The normalized spacial score (nSPS) is 17.6. The van der Waals surface area contributed by atoms with Crippen LogP contribution in [0.25, 0.3) is 0 Å². The molecule has 0 bridgehead atoms. The minimum atomic E-state index is -0.926. The van der Waals surface area contributed by atoms with E-state index in [1.165, 1.54) is 11.3 Å². The summed E-state index contributed by atoms with van der Waals surface area (Å²) in [7, 11) is 0. The second-order valence-electron chi connectivity index (χ2n) is 4.14. The molecule has 3 rings (SSSR count). The number of aromatic carboxylic acids is 1. The van der Waals surface area contributed by atoms with Crippen LogP contribution < -0.4 is 4.74 Å². The predicted molar refractivity (Wildman–Crippen MR) is 74.3 cm³/mol. The van der Waals surface area contributed by atoms with Gasteiger partial charge in [0.05, 0.1) is 5.69 Å². The van der Waals surface area contributed by atoms with E-state index in [0.717, 1.165) is 21.4 Å². The quantitative estimate of drug-likeness (QED) is 0.920. The second-order valence-corrected chi connectivity index (χ2v) is 6.23. The Kier molecular flexibility index (Phi) is 3.20. The number of thioether (sulfide) groups is 1. The van der Waals surface area contributed by atoms with Gasteiger partial charge >= 0.3 is 5.97 Å². The molecule has 0 aliphatic carbocycles. The number of aromatic nitrogens is 1. The van der Waals surface area contributed by atoms with Crippen molar-refractivity contribution in [2.75, 3.05) is 5.75 Å². The molecule has 0 amide bonds. The van der Waals surface area contributed by atoms with Gasteiger partial charge in [-0.1, -0.05) is 12.1 Å². The summed E-state index contributed by atoms with van der Waals surface area (Å²) in [6, 6.07) is 7.85. The van der Waals surface area contributed by atoms with E-state index in [9.17, 15) is 4.79 Å². The first-order chi connectivity index (χ1) is 9.15. The van der Waals surface area contributed by atoms with Crippen LogP contribution >= 0.6 is 23.1 Å². The highest BCUT2D eigenvalue weighted by atomic mass is 32.2. The second kappa shape index (κ2) is 4.86. The Morgan fingerprint density at radius 3 is 3.00 bits per heavy atom. The number of fused-ring (bicyclic) bond motifs is 1. The molecule has 19 heavy (non-hydrogen) atoms. The van der Waals surface area contributed by atoms with Crippen molar-refractivity contribution < 1.29 is 14.6 Å².